The molecule has 0 bridgehead atoms. The molecule has 0 rings (SSSR count). The number of hydrogen-bond acceptors (Lipinski definition) is 2. The first-order valence-electron chi connectivity index (χ1n) is 3.26. The molecule has 0 aliphatic heterocycles. The molecule has 0 aromatic rings. The van der Waals surface area contributed by atoms with Crippen LogP contribution in [0.2, 0.25) is 0 Å². The summed E-state index contributed by atoms with van der Waals surface area (Å²) in [5.74, 6) is 0. The molecule has 0 amide bonds. The summed E-state index contributed by atoms with van der Waals surface area (Å²) in [5.41, 5.74) is 0. The van der Waals surface area contributed by atoms with Crippen molar-refractivity contribution in [3.8, 4) is 0 Å². The minimum atomic E-state index is 1.14. The van der Waals surface area contributed by atoms with Crippen molar-refractivity contribution in [2.24, 2.45) is 0 Å². The largest absolute Gasteiger partial charge is 0.312 e. The minimum Gasteiger partial charge on any atom is -0.312 e. The average molecular weight is 132 g/mol. The lowest BCUT2D eigenvalue weighted by Gasteiger charge is -2.00. The van der Waals surface area contributed by atoms with Crippen LogP contribution in [-0.4, -0.2) is 51.6 Å². The Balaban J connectivity index is 0. The van der Waals surface area contributed by atoms with Gasteiger partial charge in [0.05, 0.1) is 0 Å². The van der Waals surface area contributed by atoms with Gasteiger partial charge < -0.3 is 9.80 Å². The van der Waals surface area contributed by atoms with E-state index in [0.717, 1.165) is 6.54 Å². The highest BCUT2D eigenvalue weighted by Gasteiger charge is 1.72. The maximum absolute atomic E-state index is 2.12. The molecule has 0 atom stereocenters. The lowest BCUT2D eigenvalue weighted by molar-refractivity contribution is 0.434. The van der Waals surface area contributed by atoms with Gasteiger partial charge in [-0.1, -0.05) is 6.92 Å². The monoisotopic (exact) mass is 132 g/mol. The Morgan fingerprint density at radius 1 is 0.889 bits per heavy atom. The van der Waals surface area contributed by atoms with Gasteiger partial charge in [-0.2, -0.15) is 0 Å². The van der Waals surface area contributed by atoms with Crippen LogP contribution in [0.15, 0.2) is 0 Å². The average Bonchev–Trinajstić information content (AvgIpc) is 1.65. The minimum absolute atomic E-state index is 1.14. The van der Waals surface area contributed by atoms with Crippen molar-refractivity contribution in [2.75, 3.05) is 41.8 Å². The summed E-state index contributed by atoms with van der Waals surface area (Å²) in [6, 6.07) is 0. The normalized spacial score (nSPS) is 9.33. The van der Waals surface area contributed by atoms with E-state index in [2.05, 4.69) is 25.9 Å². The van der Waals surface area contributed by atoms with Gasteiger partial charge in [-0.15, -0.1) is 0 Å². The van der Waals surface area contributed by atoms with Crippen LogP contribution in [0.25, 0.3) is 0 Å². The molecule has 0 N–H and O–H groups in total. The summed E-state index contributed by atoms with van der Waals surface area (Å²) in [5, 5.41) is 0. The van der Waals surface area contributed by atoms with Crippen molar-refractivity contribution in [3.05, 3.63) is 0 Å². The summed E-state index contributed by atoms with van der Waals surface area (Å²) in [6.45, 7) is 3.26. The Kier molecular flexibility index (Phi) is 10.3. The zero-order valence-corrected chi connectivity index (χ0v) is 7.60. The zero-order chi connectivity index (χ0) is 7.86. The maximum Gasteiger partial charge on any atom is -0.00533 e. The molecule has 2 heteroatoms. The predicted octanol–water partition coefficient (Wildman–Crippen LogP) is 0.746. The smallest absolute Gasteiger partial charge is 0.00533 e. The number of hydrogen-bond donors (Lipinski definition) is 0. The topological polar surface area (TPSA) is 6.48 Å². The SMILES string of the molecule is CCN(C)C.CN(C)C. The van der Waals surface area contributed by atoms with Crippen molar-refractivity contribution in [2.45, 2.75) is 6.92 Å². The summed E-state index contributed by atoms with van der Waals surface area (Å²) < 4.78 is 0. The molecule has 0 aromatic heterocycles. The lowest BCUT2D eigenvalue weighted by Crippen LogP contribution is -2.08. The Morgan fingerprint density at radius 2 is 1.00 bits per heavy atom. The molecule has 0 fully saturated rings. The second-order valence-electron chi connectivity index (χ2n) is 2.74. The standard InChI is InChI=1S/C4H11N.C3H9N/c1-4-5(2)3;1-4(2)3/h4H2,1-3H3;1-3H3. The predicted molar refractivity (Wildman–Crippen MR) is 43.8 cm³/mol. The Bertz CT molecular complexity index is 39.4. The highest BCUT2D eigenvalue weighted by Crippen LogP contribution is 1.63. The summed E-state index contributed by atoms with van der Waals surface area (Å²) in [4.78, 5) is 4.12. The van der Waals surface area contributed by atoms with Gasteiger partial charge >= 0.3 is 0 Å². The van der Waals surface area contributed by atoms with Gasteiger partial charge in [0.2, 0.25) is 0 Å². The molecule has 2 nitrogen and oxygen atoms in total. The van der Waals surface area contributed by atoms with Crippen LogP contribution in [-0.2, 0) is 0 Å². The van der Waals surface area contributed by atoms with E-state index in [0.29, 0.717) is 0 Å². The van der Waals surface area contributed by atoms with E-state index in [1.54, 1.807) is 0 Å². The molecular formula is C7H20N2. The van der Waals surface area contributed by atoms with Gasteiger partial charge in [0, 0.05) is 0 Å². The van der Waals surface area contributed by atoms with Crippen molar-refractivity contribution in [1.29, 1.82) is 0 Å². The van der Waals surface area contributed by atoms with Gasteiger partial charge in [0.1, 0.15) is 0 Å². The summed E-state index contributed by atoms with van der Waals surface area (Å²) >= 11 is 0. The molecule has 0 aliphatic carbocycles. The van der Waals surface area contributed by atoms with Crippen LogP contribution in [0.4, 0.5) is 0 Å². The maximum atomic E-state index is 2.12. The van der Waals surface area contributed by atoms with E-state index in [4.69, 9.17) is 0 Å². The Morgan fingerprint density at radius 3 is 1.00 bits per heavy atom. The number of rotatable bonds is 1. The van der Waals surface area contributed by atoms with Crippen LogP contribution in [0.3, 0.4) is 0 Å². The molecule has 0 heterocycles. The molecular weight excluding hydrogens is 112 g/mol. The molecule has 0 spiro atoms. The van der Waals surface area contributed by atoms with Crippen molar-refractivity contribution >= 4 is 0 Å². The van der Waals surface area contributed by atoms with Gasteiger partial charge in [0.25, 0.3) is 0 Å². The van der Waals surface area contributed by atoms with Gasteiger partial charge in [-0.3, -0.25) is 0 Å². The van der Waals surface area contributed by atoms with Crippen LogP contribution < -0.4 is 0 Å². The number of nitrogens with zero attached hydrogens (tertiary/aromatic N) is 2. The van der Waals surface area contributed by atoms with Crippen LogP contribution in [0.5, 0.6) is 0 Å². The molecule has 0 unspecified atom stereocenters. The van der Waals surface area contributed by atoms with Crippen LogP contribution >= 0.6 is 0 Å². The molecule has 0 aromatic carbocycles. The molecule has 0 aliphatic rings. The fraction of sp³-hybridized carbons (Fsp3) is 1.00. The third kappa shape index (κ3) is 75.3. The Hall–Kier alpha value is -0.0800. The van der Waals surface area contributed by atoms with Crippen molar-refractivity contribution in [3.63, 3.8) is 0 Å². The lowest BCUT2D eigenvalue weighted by atomic mass is 10.7. The highest BCUT2D eigenvalue weighted by atomic mass is 15.0. The fourth-order valence-electron chi connectivity index (χ4n) is 0. The van der Waals surface area contributed by atoms with E-state index in [1.165, 1.54) is 0 Å². The van der Waals surface area contributed by atoms with Crippen molar-refractivity contribution < 1.29 is 0 Å². The molecule has 0 saturated carbocycles. The van der Waals surface area contributed by atoms with E-state index in [1.807, 2.05) is 26.0 Å². The Labute approximate surface area is 59.5 Å². The quantitative estimate of drug-likeness (QED) is 0.519. The van der Waals surface area contributed by atoms with Gasteiger partial charge in [-0.25, -0.2) is 0 Å². The van der Waals surface area contributed by atoms with Gasteiger partial charge in [0.15, 0.2) is 0 Å². The second kappa shape index (κ2) is 7.92. The highest BCUT2D eigenvalue weighted by molar-refractivity contribution is 4.25. The van der Waals surface area contributed by atoms with E-state index in [9.17, 15) is 0 Å². The van der Waals surface area contributed by atoms with Gasteiger partial charge in [-0.05, 0) is 41.8 Å². The molecule has 9 heavy (non-hydrogen) atoms. The third-order valence-corrected chi connectivity index (χ3v) is 0.632. The van der Waals surface area contributed by atoms with Crippen molar-refractivity contribution in [1.82, 2.24) is 9.80 Å². The summed E-state index contributed by atoms with van der Waals surface area (Å²) in [7, 11) is 10.1. The van der Waals surface area contributed by atoms with Crippen LogP contribution in [0, 0.1) is 0 Å². The van der Waals surface area contributed by atoms with E-state index in [-0.39, 0.29) is 0 Å². The second-order valence-corrected chi connectivity index (χ2v) is 2.74. The van der Waals surface area contributed by atoms with Crippen LogP contribution in [0.1, 0.15) is 6.92 Å². The first kappa shape index (κ1) is 11.7. The van der Waals surface area contributed by atoms with E-state index >= 15 is 0 Å². The van der Waals surface area contributed by atoms with E-state index < -0.39 is 0 Å². The molecule has 0 radical (unpaired) electrons. The third-order valence-electron chi connectivity index (χ3n) is 0.632. The first-order valence-corrected chi connectivity index (χ1v) is 3.26. The molecule has 0 saturated heterocycles. The fourth-order valence-corrected chi connectivity index (χ4v) is 0. The zero-order valence-electron chi connectivity index (χ0n) is 7.60. The molecule has 58 valence electrons. The summed E-state index contributed by atoms with van der Waals surface area (Å²) in [6.07, 6.45) is 0. The first-order chi connectivity index (χ1) is 4.00.